The summed E-state index contributed by atoms with van der Waals surface area (Å²) in [5, 5.41) is 3.43. The van der Waals surface area contributed by atoms with Crippen LogP contribution in [-0.4, -0.2) is 23.6 Å². The summed E-state index contributed by atoms with van der Waals surface area (Å²) in [5.74, 6) is 1.73. The second-order valence-corrected chi connectivity index (χ2v) is 4.59. The molecule has 0 amide bonds. The van der Waals surface area contributed by atoms with Crippen LogP contribution in [0, 0.1) is 5.92 Å². The van der Waals surface area contributed by atoms with Crippen molar-refractivity contribution in [2.75, 3.05) is 24.7 Å². The molecule has 96 valence electrons. The molecule has 6 heteroatoms. The fourth-order valence-corrected chi connectivity index (χ4v) is 1.48. The van der Waals surface area contributed by atoms with Crippen LogP contribution in [0.1, 0.15) is 26.1 Å². The number of hydrogen-bond acceptors (Lipinski definition) is 5. The van der Waals surface area contributed by atoms with Crippen LogP contribution >= 0.6 is 11.6 Å². The minimum absolute atomic E-state index is 0.263. The smallest absolute Gasteiger partial charge is 0.158 e. The Balaban J connectivity index is 2.75. The first-order valence-corrected chi connectivity index (χ1v) is 5.97. The molecule has 0 saturated carbocycles. The lowest BCUT2D eigenvalue weighted by Crippen LogP contribution is -2.11. The molecule has 1 aromatic rings. The molecule has 5 nitrogen and oxygen atoms in total. The summed E-state index contributed by atoms with van der Waals surface area (Å²) in [6, 6.07) is 0. The van der Waals surface area contributed by atoms with Gasteiger partial charge in [0.1, 0.15) is 12.3 Å². The predicted molar refractivity (Wildman–Crippen MR) is 70.1 cm³/mol. The van der Waals surface area contributed by atoms with Crippen molar-refractivity contribution in [2.24, 2.45) is 5.92 Å². The molecule has 0 aromatic carbocycles. The molecule has 0 radical (unpaired) electrons. The molecule has 0 saturated heterocycles. The maximum atomic E-state index is 5.92. The van der Waals surface area contributed by atoms with E-state index in [1.54, 1.807) is 7.11 Å². The Morgan fingerprint density at radius 2 is 2.12 bits per heavy atom. The van der Waals surface area contributed by atoms with Gasteiger partial charge in [0.25, 0.3) is 0 Å². The molecule has 0 aliphatic carbocycles. The van der Waals surface area contributed by atoms with Crippen molar-refractivity contribution in [3.05, 3.63) is 11.0 Å². The fourth-order valence-electron chi connectivity index (χ4n) is 1.29. The van der Waals surface area contributed by atoms with E-state index in [9.17, 15) is 0 Å². The topological polar surface area (TPSA) is 73.1 Å². The number of anilines is 2. The SMILES string of the molecule is COCc1nc(Cl)c(N)c(NCCC(C)C)n1. The maximum Gasteiger partial charge on any atom is 0.158 e. The minimum atomic E-state index is 0.263. The Kier molecular flexibility index (Phi) is 5.44. The van der Waals surface area contributed by atoms with Crippen molar-refractivity contribution in [1.29, 1.82) is 0 Å². The first-order chi connectivity index (χ1) is 8.04. The predicted octanol–water partition coefficient (Wildman–Crippen LogP) is 2.32. The van der Waals surface area contributed by atoms with Crippen LogP contribution in [0.15, 0.2) is 0 Å². The molecule has 0 spiro atoms. The van der Waals surface area contributed by atoms with Crippen molar-refractivity contribution in [1.82, 2.24) is 9.97 Å². The molecule has 0 fully saturated rings. The van der Waals surface area contributed by atoms with Gasteiger partial charge in [0, 0.05) is 13.7 Å². The number of rotatable bonds is 6. The average molecular weight is 259 g/mol. The van der Waals surface area contributed by atoms with Crippen molar-refractivity contribution in [3.8, 4) is 0 Å². The maximum absolute atomic E-state index is 5.92. The lowest BCUT2D eigenvalue weighted by atomic mass is 10.1. The molecule has 0 atom stereocenters. The zero-order valence-corrected chi connectivity index (χ0v) is 11.2. The molecule has 0 bridgehead atoms. The van der Waals surface area contributed by atoms with Crippen LogP contribution in [0.25, 0.3) is 0 Å². The summed E-state index contributed by atoms with van der Waals surface area (Å²) in [6.07, 6.45) is 1.04. The minimum Gasteiger partial charge on any atom is -0.393 e. The Labute approximate surface area is 107 Å². The van der Waals surface area contributed by atoms with Crippen LogP contribution < -0.4 is 11.1 Å². The van der Waals surface area contributed by atoms with Crippen LogP contribution in [0.4, 0.5) is 11.5 Å². The highest BCUT2D eigenvalue weighted by atomic mass is 35.5. The summed E-state index contributed by atoms with van der Waals surface area (Å²) in [5.41, 5.74) is 6.19. The quantitative estimate of drug-likeness (QED) is 0.766. The number of nitrogens with one attached hydrogen (secondary N) is 1. The Morgan fingerprint density at radius 1 is 1.41 bits per heavy atom. The fraction of sp³-hybridized carbons (Fsp3) is 0.636. The Bertz CT molecular complexity index is 371. The molecule has 0 aliphatic heterocycles. The molecule has 3 N–H and O–H groups in total. The number of aromatic nitrogens is 2. The third-order valence-electron chi connectivity index (χ3n) is 2.23. The lowest BCUT2D eigenvalue weighted by molar-refractivity contribution is 0.178. The highest BCUT2D eigenvalue weighted by Crippen LogP contribution is 2.23. The molecule has 1 aromatic heterocycles. The van der Waals surface area contributed by atoms with E-state index in [-0.39, 0.29) is 5.15 Å². The van der Waals surface area contributed by atoms with Gasteiger partial charge in [-0.15, -0.1) is 0 Å². The van der Waals surface area contributed by atoms with E-state index in [0.717, 1.165) is 13.0 Å². The molecule has 0 aliphatic rings. The van der Waals surface area contributed by atoms with Gasteiger partial charge in [-0.25, -0.2) is 9.97 Å². The van der Waals surface area contributed by atoms with Gasteiger partial charge in [-0.1, -0.05) is 25.4 Å². The first-order valence-electron chi connectivity index (χ1n) is 5.59. The van der Waals surface area contributed by atoms with Crippen LogP contribution in [0.2, 0.25) is 5.15 Å². The average Bonchev–Trinajstić information content (AvgIpc) is 2.24. The standard InChI is InChI=1S/C11H19ClN4O/c1-7(2)4-5-14-11-9(13)10(12)15-8(16-11)6-17-3/h7H,4-6,13H2,1-3H3,(H,14,15,16). The van der Waals surface area contributed by atoms with E-state index in [1.165, 1.54) is 0 Å². The summed E-state index contributed by atoms with van der Waals surface area (Å²) in [7, 11) is 1.58. The molecule has 1 heterocycles. The van der Waals surface area contributed by atoms with Gasteiger partial charge >= 0.3 is 0 Å². The molecule has 1 rings (SSSR count). The highest BCUT2D eigenvalue weighted by molar-refractivity contribution is 6.32. The molecule has 0 unspecified atom stereocenters. The lowest BCUT2D eigenvalue weighted by Gasteiger charge is -2.11. The van der Waals surface area contributed by atoms with Crippen molar-refractivity contribution >= 4 is 23.1 Å². The largest absolute Gasteiger partial charge is 0.393 e. The second-order valence-electron chi connectivity index (χ2n) is 4.24. The third-order valence-corrected chi connectivity index (χ3v) is 2.52. The van der Waals surface area contributed by atoms with E-state index < -0.39 is 0 Å². The number of methoxy groups -OCH3 is 1. The summed E-state index contributed by atoms with van der Waals surface area (Å²) in [6.45, 7) is 5.45. The van der Waals surface area contributed by atoms with E-state index in [0.29, 0.717) is 29.9 Å². The number of ether oxygens (including phenoxy) is 1. The molecule has 17 heavy (non-hydrogen) atoms. The normalized spacial score (nSPS) is 10.9. The number of hydrogen-bond donors (Lipinski definition) is 2. The molecular weight excluding hydrogens is 240 g/mol. The Morgan fingerprint density at radius 3 is 2.71 bits per heavy atom. The van der Waals surface area contributed by atoms with Gasteiger partial charge in [-0.3, -0.25) is 0 Å². The summed E-state index contributed by atoms with van der Waals surface area (Å²) >= 11 is 5.92. The van der Waals surface area contributed by atoms with Gasteiger partial charge < -0.3 is 15.8 Å². The van der Waals surface area contributed by atoms with E-state index in [2.05, 4.69) is 29.1 Å². The second kappa shape index (κ2) is 6.61. The zero-order valence-electron chi connectivity index (χ0n) is 10.5. The zero-order chi connectivity index (χ0) is 12.8. The van der Waals surface area contributed by atoms with Crippen molar-refractivity contribution in [3.63, 3.8) is 0 Å². The third kappa shape index (κ3) is 4.36. The monoisotopic (exact) mass is 258 g/mol. The summed E-state index contributed by atoms with van der Waals surface area (Å²) in [4.78, 5) is 8.29. The van der Waals surface area contributed by atoms with Crippen molar-refractivity contribution in [2.45, 2.75) is 26.9 Å². The number of nitrogens with two attached hydrogens (primary N) is 1. The number of nitrogen functional groups attached to an aromatic ring is 1. The van der Waals surface area contributed by atoms with Crippen molar-refractivity contribution < 1.29 is 4.74 Å². The van der Waals surface area contributed by atoms with Gasteiger partial charge in [0.15, 0.2) is 16.8 Å². The van der Waals surface area contributed by atoms with E-state index >= 15 is 0 Å². The van der Waals surface area contributed by atoms with Gasteiger partial charge in [-0.2, -0.15) is 0 Å². The van der Waals surface area contributed by atoms with Crippen LogP contribution in [-0.2, 0) is 11.3 Å². The molecular formula is C11H19ClN4O. The first kappa shape index (κ1) is 14.0. The van der Waals surface area contributed by atoms with Crippen LogP contribution in [0.5, 0.6) is 0 Å². The van der Waals surface area contributed by atoms with Gasteiger partial charge in [-0.05, 0) is 12.3 Å². The number of halogens is 1. The van der Waals surface area contributed by atoms with E-state index in [4.69, 9.17) is 22.1 Å². The van der Waals surface area contributed by atoms with Gasteiger partial charge in [0.05, 0.1) is 0 Å². The number of nitrogens with zero attached hydrogens (tertiary/aromatic N) is 2. The van der Waals surface area contributed by atoms with Crippen LogP contribution in [0.3, 0.4) is 0 Å². The van der Waals surface area contributed by atoms with Gasteiger partial charge in [0.2, 0.25) is 0 Å². The highest BCUT2D eigenvalue weighted by Gasteiger charge is 2.09. The summed E-state index contributed by atoms with van der Waals surface area (Å²) < 4.78 is 4.97. The van der Waals surface area contributed by atoms with E-state index in [1.807, 2.05) is 0 Å². The Hall–Kier alpha value is -1.07.